The second kappa shape index (κ2) is 5.68. The Labute approximate surface area is 133 Å². The number of nitrogens with one attached hydrogen (secondary N) is 2. The fraction of sp³-hybridized carbons (Fsp3) is 0.167. The third-order valence-electron chi connectivity index (χ3n) is 3.98. The zero-order valence-electron chi connectivity index (χ0n) is 12.5. The van der Waals surface area contributed by atoms with Crippen LogP contribution >= 0.6 is 0 Å². The zero-order valence-corrected chi connectivity index (χ0v) is 12.5. The monoisotopic (exact) mass is 304 g/mol. The van der Waals surface area contributed by atoms with Gasteiger partial charge in [-0.1, -0.05) is 12.1 Å². The molecule has 2 aromatic heterocycles. The molecule has 5 nitrogen and oxygen atoms in total. The lowest BCUT2D eigenvalue weighted by Gasteiger charge is -2.07. The van der Waals surface area contributed by atoms with Crippen molar-refractivity contribution < 1.29 is 4.79 Å². The van der Waals surface area contributed by atoms with Gasteiger partial charge in [-0.25, -0.2) is 0 Å². The Morgan fingerprint density at radius 2 is 1.96 bits per heavy atom. The first-order valence-corrected chi connectivity index (χ1v) is 7.67. The van der Waals surface area contributed by atoms with Crippen LogP contribution in [0.15, 0.2) is 55.0 Å². The molecule has 1 aromatic carbocycles. The maximum atomic E-state index is 11.9. The third-order valence-corrected chi connectivity index (χ3v) is 3.98. The first-order chi connectivity index (χ1) is 11.3. The lowest BCUT2D eigenvalue weighted by atomic mass is 10.0. The number of carbonyl (C=O) groups is 1. The number of nitrogens with zero attached hydrogens (tertiary/aromatic N) is 2. The first kappa shape index (κ1) is 13.7. The van der Waals surface area contributed by atoms with Crippen LogP contribution in [0.25, 0.3) is 22.4 Å². The van der Waals surface area contributed by atoms with Crippen molar-refractivity contribution in [3.8, 4) is 22.4 Å². The van der Waals surface area contributed by atoms with Gasteiger partial charge in [-0.15, -0.1) is 0 Å². The average molecular weight is 304 g/mol. The number of rotatable bonds is 4. The van der Waals surface area contributed by atoms with Gasteiger partial charge in [0.15, 0.2) is 0 Å². The zero-order chi connectivity index (χ0) is 15.6. The quantitative estimate of drug-likeness (QED) is 0.775. The molecule has 0 saturated heterocycles. The van der Waals surface area contributed by atoms with E-state index >= 15 is 0 Å². The van der Waals surface area contributed by atoms with Gasteiger partial charge < -0.3 is 5.32 Å². The highest BCUT2D eigenvalue weighted by molar-refractivity contribution is 5.95. The van der Waals surface area contributed by atoms with E-state index < -0.39 is 0 Å². The molecule has 0 bridgehead atoms. The summed E-state index contributed by atoms with van der Waals surface area (Å²) in [4.78, 5) is 16.0. The number of hydrogen-bond donors (Lipinski definition) is 2. The number of benzene rings is 1. The average Bonchev–Trinajstić information content (AvgIpc) is 3.33. The summed E-state index contributed by atoms with van der Waals surface area (Å²) < 4.78 is 0. The van der Waals surface area contributed by atoms with Crippen LogP contribution in [0.5, 0.6) is 0 Å². The van der Waals surface area contributed by atoms with Crippen LogP contribution in [0.1, 0.15) is 12.8 Å². The topological polar surface area (TPSA) is 70.7 Å². The van der Waals surface area contributed by atoms with E-state index in [1.54, 1.807) is 12.4 Å². The molecule has 0 aliphatic heterocycles. The van der Waals surface area contributed by atoms with Crippen molar-refractivity contribution in [3.63, 3.8) is 0 Å². The Morgan fingerprint density at radius 1 is 1.13 bits per heavy atom. The predicted molar refractivity (Wildman–Crippen MR) is 88.6 cm³/mol. The van der Waals surface area contributed by atoms with Crippen LogP contribution in [0.4, 0.5) is 5.69 Å². The van der Waals surface area contributed by atoms with Gasteiger partial charge in [0, 0.05) is 41.3 Å². The Kier molecular flexibility index (Phi) is 3.38. The minimum absolute atomic E-state index is 0.110. The van der Waals surface area contributed by atoms with Crippen molar-refractivity contribution >= 4 is 11.6 Å². The minimum atomic E-state index is 0.110. The van der Waals surface area contributed by atoms with E-state index in [2.05, 4.69) is 20.5 Å². The number of amides is 1. The van der Waals surface area contributed by atoms with Gasteiger partial charge in [-0.2, -0.15) is 5.10 Å². The van der Waals surface area contributed by atoms with Crippen LogP contribution < -0.4 is 5.32 Å². The summed E-state index contributed by atoms with van der Waals surface area (Å²) in [6.45, 7) is 0. The van der Waals surface area contributed by atoms with Crippen molar-refractivity contribution in [1.82, 2.24) is 15.2 Å². The number of carbonyl (C=O) groups excluding carboxylic acids is 1. The summed E-state index contributed by atoms with van der Waals surface area (Å²) in [5, 5.41) is 10.3. The van der Waals surface area contributed by atoms with Crippen LogP contribution in [-0.4, -0.2) is 21.1 Å². The second-order valence-electron chi connectivity index (χ2n) is 5.73. The van der Waals surface area contributed by atoms with Crippen molar-refractivity contribution in [3.05, 3.63) is 55.0 Å². The molecule has 23 heavy (non-hydrogen) atoms. The summed E-state index contributed by atoms with van der Waals surface area (Å²) in [5.74, 6) is 0.301. The number of aromatic nitrogens is 3. The summed E-state index contributed by atoms with van der Waals surface area (Å²) in [5.41, 5.74) is 4.70. The molecule has 3 aromatic rings. The van der Waals surface area contributed by atoms with Gasteiger partial charge in [-0.3, -0.25) is 14.9 Å². The van der Waals surface area contributed by atoms with E-state index in [-0.39, 0.29) is 11.8 Å². The Balaban J connectivity index is 1.66. The highest BCUT2D eigenvalue weighted by Gasteiger charge is 2.29. The molecular weight excluding hydrogens is 288 g/mol. The van der Waals surface area contributed by atoms with Crippen LogP contribution in [0.3, 0.4) is 0 Å². The second-order valence-corrected chi connectivity index (χ2v) is 5.73. The lowest BCUT2D eigenvalue weighted by Crippen LogP contribution is -2.13. The van der Waals surface area contributed by atoms with Gasteiger partial charge in [0.05, 0.1) is 5.69 Å². The predicted octanol–water partition coefficient (Wildman–Crippen LogP) is 3.49. The molecule has 1 aliphatic carbocycles. The van der Waals surface area contributed by atoms with Crippen molar-refractivity contribution in [2.24, 2.45) is 5.92 Å². The van der Waals surface area contributed by atoms with E-state index in [9.17, 15) is 4.79 Å². The van der Waals surface area contributed by atoms with Crippen LogP contribution in [-0.2, 0) is 4.79 Å². The van der Waals surface area contributed by atoms with E-state index in [1.807, 2.05) is 42.6 Å². The largest absolute Gasteiger partial charge is 0.326 e. The summed E-state index contributed by atoms with van der Waals surface area (Å²) in [6.07, 6.45) is 7.39. The molecule has 0 atom stereocenters. The number of pyridine rings is 1. The summed E-state index contributed by atoms with van der Waals surface area (Å²) in [7, 11) is 0. The summed E-state index contributed by atoms with van der Waals surface area (Å²) >= 11 is 0. The fourth-order valence-electron chi connectivity index (χ4n) is 2.60. The SMILES string of the molecule is O=C(Nc1cccc(-c2n[nH]cc2-c2ccncc2)c1)C1CC1. The molecule has 0 unspecified atom stereocenters. The molecule has 1 fully saturated rings. The molecule has 1 saturated carbocycles. The maximum Gasteiger partial charge on any atom is 0.227 e. The maximum absolute atomic E-state index is 11.9. The molecular formula is C18H16N4O. The highest BCUT2D eigenvalue weighted by atomic mass is 16.2. The Bertz CT molecular complexity index is 837. The molecule has 5 heteroatoms. The normalized spacial score (nSPS) is 13.7. The smallest absolute Gasteiger partial charge is 0.227 e. The fourth-order valence-corrected chi connectivity index (χ4v) is 2.60. The van der Waals surface area contributed by atoms with E-state index in [1.165, 1.54) is 0 Å². The molecule has 2 N–H and O–H groups in total. The molecule has 1 amide bonds. The van der Waals surface area contributed by atoms with Gasteiger partial charge in [0.2, 0.25) is 5.91 Å². The Morgan fingerprint density at radius 3 is 2.74 bits per heavy atom. The van der Waals surface area contributed by atoms with Crippen molar-refractivity contribution in [1.29, 1.82) is 0 Å². The number of H-pyrrole nitrogens is 1. The molecule has 0 radical (unpaired) electrons. The molecule has 1 aliphatic rings. The van der Waals surface area contributed by atoms with Gasteiger partial charge in [0.25, 0.3) is 0 Å². The Hall–Kier alpha value is -2.95. The summed E-state index contributed by atoms with van der Waals surface area (Å²) in [6, 6.07) is 11.7. The minimum Gasteiger partial charge on any atom is -0.326 e. The lowest BCUT2D eigenvalue weighted by molar-refractivity contribution is -0.117. The van der Waals surface area contributed by atoms with Gasteiger partial charge >= 0.3 is 0 Å². The van der Waals surface area contributed by atoms with Crippen molar-refractivity contribution in [2.75, 3.05) is 5.32 Å². The van der Waals surface area contributed by atoms with Crippen LogP contribution in [0, 0.1) is 5.92 Å². The number of aromatic amines is 1. The van der Waals surface area contributed by atoms with Gasteiger partial charge in [-0.05, 0) is 42.7 Å². The van der Waals surface area contributed by atoms with E-state index in [4.69, 9.17) is 0 Å². The molecule has 2 heterocycles. The molecule has 114 valence electrons. The number of anilines is 1. The van der Waals surface area contributed by atoms with Crippen molar-refractivity contribution in [2.45, 2.75) is 12.8 Å². The van der Waals surface area contributed by atoms with Gasteiger partial charge in [0.1, 0.15) is 0 Å². The van der Waals surface area contributed by atoms with E-state index in [0.717, 1.165) is 40.9 Å². The third kappa shape index (κ3) is 2.85. The molecule has 4 rings (SSSR count). The standard InChI is InChI=1S/C18H16N4O/c23-18(13-4-5-13)21-15-3-1-2-14(10-15)17-16(11-20-22-17)12-6-8-19-9-7-12/h1-3,6-11,13H,4-5H2,(H,20,22)(H,21,23). The van der Waals surface area contributed by atoms with Crippen LogP contribution in [0.2, 0.25) is 0 Å². The highest BCUT2D eigenvalue weighted by Crippen LogP contribution is 2.33. The van der Waals surface area contributed by atoms with E-state index in [0.29, 0.717) is 0 Å². The first-order valence-electron chi connectivity index (χ1n) is 7.67. The number of hydrogen-bond acceptors (Lipinski definition) is 3. The molecule has 0 spiro atoms.